The SMILES string of the molecule is Cc1ccc(S(=O)(=O)Nc2cccc(S(=O)(=O)Nc3ccc(SC(F)F)cc3)c2)s1. The van der Waals surface area contributed by atoms with Crippen molar-refractivity contribution in [3.8, 4) is 0 Å². The van der Waals surface area contributed by atoms with E-state index < -0.39 is 25.8 Å². The van der Waals surface area contributed by atoms with Crippen molar-refractivity contribution in [1.82, 2.24) is 0 Å². The van der Waals surface area contributed by atoms with Crippen LogP contribution in [-0.2, 0) is 20.0 Å². The fourth-order valence-electron chi connectivity index (χ4n) is 2.41. The van der Waals surface area contributed by atoms with Crippen LogP contribution in [-0.4, -0.2) is 22.6 Å². The monoisotopic (exact) mass is 490 g/mol. The second kappa shape index (κ2) is 8.92. The molecule has 2 N–H and O–H groups in total. The van der Waals surface area contributed by atoms with Crippen molar-refractivity contribution in [3.05, 3.63) is 65.5 Å². The van der Waals surface area contributed by atoms with Crippen LogP contribution < -0.4 is 9.44 Å². The lowest BCUT2D eigenvalue weighted by Crippen LogP contribution is -2.15. The average molecular weight is 491 g/mol. The molecule has 12 heteroatoms. The molecule has 0 radical (unpaired) electrons. The standard InChI is InChI=1S/C18H16F2N2O4S4/c1-12-5-10-17(27-12)30(25,26)22-14-3-2-4-16(11-14)29(23,24)21-13-6-8-15(9-7-13)28-18(19)20/h2-11,18,21-22H,1H3. The van der Waals surface area contributed by atoms with Gasteiger partial charge in [-0.25, -0.2) is 16.8 Å². The third-order valence-corrected chi connectivity index (χ3v) is 8.68. The molecule has 1 aromatic heterocycles. The van der Waals surface area contributed by atoms with E-state index >= 15 is 0 Å². The maximum absolute atomic E-state index is 12.6. The Balaban J connectivity index is 1.78. The van der Waals surface area contributed by atoms with Crippen molar-refractivity contribution in [2.75, 3.05) is 9.44 Å². The summed E-state index contributed by atoms with van der Waals surface area (Å²) in [5, 5.41) is 0. The molecule has 3 aromatic rings. The zero-order valence-corrected chi connectivity index (χ0v) is 18.6. The molecule has 1 heterocycles. The number of halogens is 2. The Kier molecular flexibility index (Phi) is 6.70. The van der Waals surface area contributed by atoms with Crippen LogP contribution in [0.5, 0.6) is 0 Å². The first-order chi connectivity index (χ1) is 14.0. The number of alkyl halides is 2. The lowest BCUT2D eigenvalue weighted by Gasteiger charge is -2.11. The van der Waals surface area contributed by atoms with Gasteiger partial charge < -0.3 is 0 Å². The predicted molar refractivity (Wildman–Crippen MR) is 115 cm³/mol. The van der Waals surface area contributed by atoms with Gasteiger partial charge in [-0.05, 0) is 61.5 Å². The van der Waals surface area contributed by atoms with Crippen molar-refractivity contribution in [2.45, 2.75) is 26.7 Å². The van der Waals surface area contributed by atoms with Gasteiger partial charge >= 0.3 is 0 Å². The van der Waals surface area contributed by atoms with Crippen LogP contribution in [0.25, 0.3) is 0 Å². The quantitative estimate of drug-likeness (QED) is 0.435. The van der Waals surface area contributed by atoms with E-state index in [1.54, 1.807) is 13.0 Å². The highest BCUT2D eigenvalue weighted by molar-refractivity contribution is 7.99. The number of benzene rings is 2. The summed E-state index contributed by atoms with van der Waals surface area (Å²) in [4.78, 5) is 0.970. The van der Waals surface area contributed by atoms with Crippen molar-refractivity contribution >= 4 is 54.5 Å². The second-order valence-corrected chi connectivity index (χ2v) is 11.9. The van der Waals surface area contributed by atoms with E-state index in [9.17, 15) is 25.6 Å². The first-order valence-corrected chi connectivity index (χ1v) is 13.0. The smallest absolute Gasteiger partial charge is 0.280 e. The van der Waals surface area contributed by atoms with E-state index in [-0.39, 0.29) is 20.5 Å². The summed E-state index contributed by atoms with van der Waals surface area (Å²) in [6.07, 6.45) is 0. The van der Waals surface area contributed by atoms with Crippen LogP contribution >= 0.6 is 23.1 Å². The van der Waals surface area contributed by atoms with Gasteiger partial charge in [0.2, 0.25) is 0 Å². The summed E-state index contributed by atoms with van der Waals surface area (Å²) < 4.78 is 79.8. The largest absolute Gasteiger partial charge is 0.288 e. The topological polar surface area (TPSA) is 92.3 Å². The molecule has 0 unspecified atom stereocenters. The first kappa shape index (κ1) is 22.5. The van der Waals surface area contributed by atoms with Crippen LogP contribution in [0, 0.1) is 6.92 Å². The van der Waals surface area contributed by atoms with Crippen LogP contribution in [0.4, 0.5) is 20.2 Å². The number of nitrogens with one attached hydrogen (secondary N) is 2. The van der Waals surface area contributed by atoms with Gasteiger partial charge in [0.15, 0.2) is 0 Å². The van der Waals surface area contributed by atoms with Crippen molar-refractivity contribution in [3.63, 3.8) is 0 Å². The van der Waals surface area contributed by atoms with E-state index in [2.05, 4.69) is 9.44 Å². The minimum atomic E-state index is -4.03. The Hall–Kier alpha value is -2.15. The molecule has 3 rings (SSSR count). The molecule has 0 saturated heterocycles. The Morgan fingerprint density at radius 2 is 1.53 bits per heavy atom. The zero-order chi connectivity index (χ0) is 21.9. The maximum Gasteiger partial charge on any atom is 0.288 e. The number of hydrogen-bond donors (Lipinski definition) is 2. The third kappa shape index (κ3) is 5.72. The molecule has 0 saturated carbocycles. The first-order valence-electron chi connectivity index (χ1n) is 8.32. The van der Waals surface area contributed by atoms with Crippen LogP contribution in [0.3, 0.4) is 0 Å². The van der Waals surface area contributed by atoms with E-state index in [0.29, 0.717) is 16.7 Å². The molecule has 0 atom stereocenters. The third-order valence-electron chi connectivity index (χ3n) is 3.71. The highest BCUT2D eigenvalue weighted by atomic mass is 32.2. The van der Waals surface area contributed by atoms with Gasteiger partial charge in [-0.15, -0.1) is 11.3 Å². The Morgan fingerprint density at radius 1 is 0.867 bits per heavy atom. The van der Waals surface area contributed by atoms with Gasteiger partial charge in [-0.2, -0.15) is 8.78 Å². The van der Waals surface area contributed by atoms with Crippen molar-refractivity contribution in [1.29, 1.82) is 0 Å². The molecule has 2 aromatic carbocycles. The molecular weight excluding hydrogens is 474 g/mol. The number of thiophene rings is 1. The number of hydrogen-bond acceptors (Lipinski definition) is 6. The minimum absolute atomic E-state index is 0.0904. The van der Waals surface area contributed by atoms with E-state index in [1.807, 2.05) is 0 Å². The normalized spacial score (nSPS) is 12.1. The Bertz CT molecular complexity index is 1240. The van der Waals surface area contributed by atoms with Crippen LogP contribution in [0.1, 0.15) is 4.88 Å². The van der Waals surface area contributed by atoms with Crippen molar-refractivity contribution < 1.29 is 25.6 Å². The summed E-state index contributed by atoms with van der Waals surface area (Å²) in [6, 6.07) is 14.0. The molecule has 160 valence electrons. The molecule has 30 heavy (non-hydrogen) atoms. The van der Waals surface area contributed by atoms with Crippen LogP contribution in [0.2, 0.25) is 0 Å². The lowest BCUT2D eigenvalue weighted by atomic mass is 10.3. The summed E-state index contributed by atoms with van der Waals surface area (Å²) in [6.45, 7) is 1.78. The van der Waals surface area contributed by atoms with Crippen molar-refractivity contribution in [2.24, 2.45) is 0 Å². The zero-order valence-electron chi connectivity index (χ0n) is 15.4. The molecular formula is C18H16F2N2O4S4. The summed E-state index contributed by atoms with van der Waals surface area (Å²) in [5.41, 5.74) is 0.279. The molecule has 0 aliphatic heterocycles. The van der Waals surface area contributed by atoms with Gasteiger partial charge in [0.1, 0.15) is 4.21 Å². The fraction of sp³-hybridized carbons (Fsp3) is 0.111. The average Bonchev–Trinajstić information content (AvgIpc) is 3.10. The molecule has 0 bridgehead atoms. The summed E-state index contributed by atoms with van der Waals surface area (Å²) >= 11 is 1.45. The number of anilines is 2. The number of sulfonamides is 2. The molecule has 6 nitrogen and oxygen atoms in total. The highest BCUT2D eigenvalue weighted by Crippen LogP contribution is 2.28. The van der Waals surface area contributed by atoms with Gasteiger partial charge in [0, 0.05) is 15.5 Å². The van der Waals surface area contributed by atoms with E-state index in [4.69, 9.17) is 0 Å². The lowest BCUT2D eigenvalue weighted by molar-refractivity contribution is 0.252. The Morgan fingerprint density at radius 3 is 2.13 bits per heavy atom. The number of thioether (sulfide) groups is 1. The summed E-state index contributed by atoms with van der Waals surface area (Å²) in [5.74, 6) is -2.57. The van der Waals surface area contributed by atoms with Crippen LogP contribution in [0.15, 0.2) is 74.7 Å². The van der Waals surface area contributed by atoms with E-state index in [0.717, 1.165) is 16.2 Å². The molecule has 0 spiro atoms. The second-order valence-electron chi connectivity index (χ2n) is 6.01. The Labute approximate surface area is 181 Å². The van der Waals surface area contributed by atoms with Gasteiger partial charge in [-0.3, -0.25) is 9.44 Å². The maximum atomic E-state index is 12.6. The van der Waals surface area contributed by atoms with Gasteiger partial charge in [0.05, 0.1) is 10.6 Å². The molecule has 0 amide bonds. The van der Waals surface area contributed by atoms with Gasteiger partial charge in [0.25, 0.3) is 25.8 Å². The highest BCUT2D eigenvalue weighted by Gasteiger charge is 2.19. The predicted octanol–water partition coefficient (Wildman–Crippen LogP) is 4.97. The molecule has 0 aliphatic rings. The molecule has 0 fully saturated rings. The van der Waals surface area contributed by atoms with Gasteiger partial charge in [-0.1, -0.05) is 17.8 Å². The fourth-order valence-corrected chi connectivity index (χ4v) is 6.34. The molecule has 0 aliphatic carbocycles. The minimum Gasteiger partial charge on any atom is -0.280 e. The van der Waals surface area contributed by atoms with E-state index in [1.165, 1.54) is 54.6 Å². The number of rotatable bonds is 8. The summed E-state index contributed by atoms with van der Waals surface area (Å²) in [7, 11) is -7.86. The number of aryl methyl sites for hydroxylation is 1.